The fourth-order valence-electron chi connectivity index (χ4n) is 3.10. The second-order valence-electron chi connectivity index (χ2n) is 6.33. The van der Waals surface area contributed by atoms with Crippen LogP contribution in [0.15, 0.2) is 52.4 Å². The second kappa shape index (κ2) is 7.97. The molecule has 0 radical (unpaired) electrons. The van der Waals surface area contributed by atoms with Crippen molar-refractivity contribution in [2.45, 2.75) is 18.7 Å². The molecule has 0 amide bonds. The molecule has 30 heavy (non-hydrogen) atoms. The van der Waals surface area contributed by atoms with Crippen molar-refractivity contribution in [3.63, 3.8) is 0 Å². The van der Waals surface area contributed by atoms with Crippen LogP contribution >= 0.6 is 0 Å². The molecular formula is C21H15N3O6. The van der Waals surface area contributed by atoms with E-state index >= 15 is 0 Å². The summed E-state index contributed by atoms with van der Waals surface area (Å²) in [6.45, 7) is 1.32. The quantitative estimate of drug-likeness (QED) is 0.701. The Bertz CT molecular complexity index is 1120. The number of nitrogens with zero attached hydrogens (tertiary/aromatic N) is 3. The Morgan fingerprint density at radius 1 is 1.07 bits per heavy atom. The minimum absolute atomic E-state index is 0.0776. The van der Waals surface area contributed by atoms with Crippen molar-refractivity contribution in [1.29, 1.82) is 5.26 Å². The van der Waals surface area contributed by atoms with E-state index < -0.39 is 40.8 Å². The Balaban J connectivity index is 2.39. The molecular weight excluding hydrogens is 390 g/mol. The normalized spacial score (nSPS) is 14.7. The molecule has 1 atom stereocenters. The molecule has 3 rings (SSSR count). The summed E-state index contributed by atoms with van der Waals surface area (Å²) >= 11 is 0. The molecule has 1 aliphatic rings. The van der Waals surface area contributed by atoms with Gasteiger partial charge in [-0.15, -0.1) is 0 Å². The number of hydrogen-bond donors (Lipinski definition) is 2. The summed E-state index contributed by atoms with van der Waals surface area (Å²) in [5.74, 6) is -4.02. The number of carboxylic acid groups (broad SMARTS) is 2. The Kier molecular flexibility index (Phi) is 5.42. The lowest BCUT2D eigenvalue weighted by Crippen LogP contribution is -2.28. The van der Waals surface area contributed by atoms with Gasteiger partial charge in [0.15, 0.2) is 6.10 Å². The fraction of sp³-hybridized carbons (Fsp3) is 0.143. The lowest BCUT2D eigenvalue weighted by atomic mass is 9.85. The number of hydrogen-bond acceptors (Lipinski definition) is 7. The highest BCUT2D eigenvalue weighted by Gasteiger charge is 2.41. The van der Waals surface area contributed by atoms with Gasteiger partial charge in [-0.3, -0.25) is 9.98 Å². The van der Waals surface area contributed by atoms with Gasteiger partial charge in [0.25, 0.3) is 0 Å². The highest BCUT2D eigenvalue weighted by atomic mass is 16.5. The van der Waals surface area contributed by atoms with Crippen LogP contribution in [0.4, 0.5) is 0 Å². The maximum Gasteiger partial charge on any atom is 0.340 e. The predicted molar refractivity (Wildman–Crippen MR) is 105 cm³/mol. The van der Waals surface area contributed by atoms with Gasteiger partial charge in [-0.05, 0) is 19.1 Å². The van der Waals surface area contributed by atoms with E-state index in [1.165, 1.54) is 19.4 Å². The third-order valence-electron chi connectivity index (χ3n) is 4.43. The lowest BCUT2D eigenvalue weighted by Gasteiger charge is -2.27. The summed E-state index contributed by atoms with van der Waals surface area (Å²) < 4.78 is 5.04. The van der Waals surface area contributed by atoms with E-state index in [0.29, 0.717) is 5.56 Å². The monoisotopic (exact) mass is 405 g/mol. The van der Waals surface area contributed by atoms with Crippen molar-refractivity contribution in [2.24, 2.45) is 9.98 Å². The lowest BCUT2D eigenvalue weighted by molar-refractivity contribution is 0.0423. The Hall–Kier alpha value is -4.32. The van der Waals surface area contributed by atoms with Crippen molar-refractivity contribution in [3.05, 3.63) is 70.3 Å². The third kappa shape index (κ3) is 3.54. The summed E-state index contributed by atoms with van der Waals surface area (Å²) in [5, 5.41) is 28.2. The van der Waals surface area contributed by atoms with Gasteiger partial charge in [0.05, 0.1) is 16.7 Å². The van der Waals surface area contributed by atoms with Gasteiger partial charge in [0.1, 0.15) is 6.07 Å². The van der Waals surface area contributed by atoms with Crippen molar-refractivity contribution in [1.82, 2.24) is 0 Å². The van der Waals surface area contributed by atoms with Gasteiger partial charge in [-0.25, -0.2) is 14.4 Å². The number of benzene rings is 2. The fourth-order valence-corrected chi connectivity index (χ4v) is 3.10. The van der Waals surface area contributed by atoms with Gasteiger partial charge in [-0.1, -0.05) is 30.3 Å². The SMILES string of the molecule is CC(C#N)OC(=O)c1c(C(=O)O)cc(C(=O)O)cc1C1(c2ccccc2)N=CC=N1. The zero-order valence-electron chi connectivity index (χ0n) is 15.6. The second-order valence-corrected chi connectivity index (χ2v) is 6.33. The molecule has 9 heteroatoms. The maximum absolute atomic E-state index is 12.9. The molecule has 0 spiro atoms. The van der Waals surface area contributed by atoms with E-state index in [0.717, 1.165) is 12.1 Å². The van der Waals surface area contributed by atoms with Crippen LogP contribution in [0.25, 0.3) is 0 Å². The number of esters is 1. The average molecular weight is 405 g/mol. The summed E-state index contributed by atoms with van der Waals surface area (Å²) in [5.41, 5.74) is -2.55. The first-order valence-electron chi connectivity index (χ1n) is 8.70. The first-order chi connectivity index (χ1) is 14.3. The van der Waals surface area contributed by atoms with Gasteiger partial charge >= 0.3 is 17.9 Å². The molecule has 9 nitrogen and oxygen atoms in total. The van der Waals surface area contributed by atoms with E-state index in [2.05, 4.69) is 9.98 Å². The van der Waals surface area contributed by atoms with Crippen molar-refractivity contribution in [3.8, 4) is 6.07 Å². The first-order valence-corrected chi connectivity index (χ1v) is 8.70. The number of rotatable bonds is 6. The molecule has 2 aromatic rings. The van der Waals surface area contributed by atoms with Crippen LogP contribution in [0, 0.1) is 11.3 Å². The average Bonchev–Trinajstić information content (AvgIpc) is 3.24. The van der Waals surface area contributed by atoms with Gasteiger partial charge in [0.2, 0.25) is 5.66 Å². The molecule has 150 valence electrons. The van der Waals surface area contributed by atoms with E-state index in [1.807, 2.05) is 0 Å². The van der Waals surface area contributed by atoms with Gasteiger partial charge in [0, 0.05) is 23.6 Å². The number of nitriles is 1. The van der Waals surface area contributed by atoms with Crippen LogP contribution in [0.5, 0.6) is 0 Å². The number of carboxylic acids is 2. The number of carbonyl (C=O) groups excluding carboxylic acids is 1. The summed E-state index contributed by atoms with van der Waals surface area (Å²) in [6.07, 6.45) is 1.58. The molecule has 2 N–H and O–H groups in total. The zero-order valence-corrected chi connectivity index (χ0v) is 15.6. The summed E-state index contributed by atoms with van der Waals surface area (Å²) in [6, 6.07) is 12.2. The standard InChI is InChI=1S/C21H15N3O6/c1-12(11-22)30-20(29)17-15(19(27)28)9-13(18(25)26)10-16(17)21(23-7-8-24-21)14-5-3-2-4-6-14/h2-10,12H,1H3,(H,25,26)(H,27,28). The Labute approximate surface area is 170 Å². The molecule has 1 unspecified atom stereocenters. The molecule has 0 saturated carbocycles. The minimum Gasteiger partial charge on any atom is -0.478 e. The van der Waals surface area contributed by atoms with Crippen molar-refractivity contribution >= 4 is 30.3 Å². The molecule has 0 aliphatic carbocycles. The molecule has 0 aromatic heterocycles. The van der Waals surface area contributed by atoms with Crippen LogP contribution in [0.2, 0.25) is 0 Å². The highest BCUT2D eigenvalue weighted by Crippen LogP contribution is 2.40. The molecule has 0 bridgehead atoms. The maximum atomic E-state index is 12.9. The van der Waals surface area contributed by atoms with Crippen LogP contribution in [0.1, 0.15) is 49.1 Å². The molecule has 2 aromatic carbocycles. The molecule has 0 saturated heterocycles. The number of ether oxygens (including phenoxy) is 1. The van der Waals surface area contributed by atoms with Gasteiger partial charge in [-0.2, -0.15) is 5.26 Å². The number of aromatic carboxylic acids is 2. The highest BCUT2D eigenvalue weighted by molar-refractivity contribution is 6.18. The zero-order chi connectivity index (χ0) is 21.9. The van der Waals surface area contributed by atoms with E-state index in [4.69, 9.17) is 10.00 Å². The molecule has 1 aliphatic heterocycles. The van der Waals surface area contributed by atoms with Crippen LogP contribution in [0.3, 0.4) is 0 Å². The van der Waals surface area contributed by atoms with Crippen LogP contribution < -0.4 is 0 Å². The Morgan fingerprint density at radius 2 is 1.70 bits per heavy atom. The third-order valence-corrected chi connectivity index (χ3v) is 4.43. The molecule has 1 heterocycles. The van der Waals surface area contributed by atoms with Crippen molar-refractivity contribution < 1.29 is 29.3 Å². The molecule has 0 fully saturated rings. The summed E-state index contributed by atoms with van der Waals surface area (Å²) in [4.78, 5) is 45.2. The number of aliphatic imine (C=N–C) groups is 2. The topological polar surface area (TPSA) is 149 Å². The van der Waals surface area contributed by atoms with Crippen LogP contribution in [-0.4, -0.2) is 46.7 Å². The van der Waals surface area contributed by atoms with Gasteiger partial charge < -0.3 is 14.9 Å². The largest absolute Gasteiger partial charge is 0.478 e. The Morgan fingerprint density at radius 3 is 2.23 bits per heavy atom. The first kappa shape index (κ1) is 20.4. The minimum atomic E-state index is -1.58. The van der Waals surface area contributed by atoms with Crippen LogP contribution in [-0.2, 0) is 10.4 Å². The van der Waals surface area contributed by atoms with E-state index in [1.54, 1.807) is 36.4 Å². The van der Waals surface area contributed by atoms with E-state index in [-0.39, 0.29) is 11.1 Å². The van der Waals surface area contributed by atoms with Crippen molar-refractivity contribution in [2.75, 3.05) is 0 Å². The predicted octanol–water partition coefficient (Wildman–Crippen LogP) is 2.51. The van der Waals surface area contributed by atoms with E-state index in [9.17, 15) is 24.6 Å². The summed E-state index contributed by atoms with van der Waals surface area (Å²) in [7, 11) is 0. The number of carbonyl (C=O) groups is 3. The smallest absolute Gasteiger partial charge is 0.340 e.